The van der Waals surface area contributed by atoms with Gasteiger partial charge in [-0.25, -0.2) is 9.97 Å². The van der Waals surface area contributed by atoms with Gasteiger partial charge in [0.2, 0.25) is 0 Å². The fourth-order valence-electron chi connectivity index (χ4n) is 4.04. The Hall–Kier alpha value is -3.17. The highest BCUT2D eigenvalue weighted by atomic mass is 19.4. The number of hydrogen-bond acceptors (Lipinski definition) is 6. The van der Waals surface area contributed by atoms with Gasteiger partial charge in [-0.15, -0.1) is 0 Å². The molecular weight excluding hydrogens is 445 g/mol. The second kappa shape index (κ2) is 10.8. The van der Waals surface area contributed by atoms with Gasteiger partial charge in [0.05, 0.1) is 20.1 Å². The van der Waals surface area contributed by atoms with E-state index in [1.165, 1.54) is 12.7 Å². The lowest BCUT2D eigenvalue weighted by Crippen LogP contribution is -2.51. The van der Waals surface area contributed by atoms with E-state index in [9.17, 15) is 13.2 Å². The van der Waals surface area contributed by atoms with Crippen molar-refractivity contribution in [2.75, 3.05) is 26.8 Å². The molecule has 2 atom stereocenters. The summed E-state index contributed by atoms with van der Waals surface area (Å²) in [5, 5.41) is 7.18. The number of nitrogens with one attached hydrogen (secondary N) is 2. The first kappa shape index (κ1) is 24.0. The number of aromatic nitrogens is 2. The largest absolute Gasteiger partial charge is 0.493 e. The van der Waals surface area contributed by atoms with Gasteiger partial charge < -0.3 is 20.1 Å². The van der Waals surface area contributed by atoms with Gasteiger partial charge in [0, 0.05) is 43.1 Å². The van der Waals surface area contributed by atoms with E-state index in [1.807, 2.05) is 24.3 Å². The van der Waals surface area contributed by atoms with Gasteiger partial charge in [-0.3, -0.25) is 0 Å². The summed E-state index contributed by atoms with van der Waals surface area (Å²) in [4.78, 5) is 8.45. The molecule has 0 amide bonds. The van der Waals surface area contributed by atoms with Crippen molar-refractivity contribution in [1.29, 1.82) is 0 Å². The minimum atomic E-state index is -4.22. The third-order valence-electron chi connectivity index (χ3n) is 5.72. The van der Waals surface area contributed by atoms with Crippen LogP contribution in [0.25, 0.3) is 11.1 Å². The van der Waals surface area contributed by atoms with Gasteiger partial charge in [0.15, 0.2) is 0 Å². The quantitative estimate of drug-likeness (QED) is 0.509. The van der Waals surface area contributed by atoms with Gasteiger partial charge >= 0.3 is 12.2 Å². The molecule has 4 rings (SSSR count). The third-order valence-corrected chi connectivity index (χ3v) is 5.72. The summed E-state index contributed by atoms with van der Waals surface area (Å²) in [5.41, 5.74) is 4.24. The van der Waals surface area contributed by atoms with Crippen LogP contribution in [0.1, 0.15) is 23.6 Å². The molecule has 0 radical (unpaired) electrons. The van der Waals surface area contributed by atoms with Gasteiger partial charge in [0.1, 0.15) is 5.75 Å². The van der Waals surface area contributed by atoms with Crippen molar-refractivity contribution in [1.82, 2.24) is 20.6 Å². The molecule has 1 saturated heterocycles. The Labute approximate surface area is 196 Å². The molecule has 0 bridgehead atoms. The minimum absolute atomic E-state index is 0.0828. The van der Waals surface area contributed by atoms with Crippen LogP contribution < -0.4 is 20.1 Å². The normalized spacial score (nSPS) is 18.5. The average molecular weight is 473 g/mol. The number of benzene rings is 2. The standard InChI is InChI=1S/C25H27F3N4O2/c1-33-24-30-13-19(14-31-24)22-5-3-2-4-18(22)12-20-15-29-16-23(32-20)17-6-8-21(9-7-17)34-11-10-25(26,27)28/h2-9,13-14,20,23,29,32H,10-12,15-16H2,1H3. The van der Waals surface area contributed by atoms with Crippen LogP contribution in [0.3, 0.4) is 0 Å². The number of halogens is 3. The summed E-state index contributed by atoms with van der Waals surface area (Å²) in [6.45, 7) is 1.20. The predicted octanol–water partition coefficient (Wildman–Crippen LogP) is 4.33. The molecule has 1 aliphatic heterocycles. The molecule has 1 aromatic heterocycles. The molecule has 34 heavy (non-hydrogen) atoms. The summed E-state index contributed by atoms with van der Waals surface area (Å²) < 4.78 is 47.2. The fraction of sp³-hybridized carbons (Fsp3) is 0.360. The molecule has 3 aromatic rings. The van der Waals surface area contributed by atoms with Crippen LogP contribution in [0.2, 0.25) is 0 Å². The maximum atomic E-state index is 12.3. The zero-order chi connectivity index (χ0) is 24.0. The van der Waals surface area contributed by atoms with Crippen molar-refractivity contribution in [3.63, 3.8) is 0 Å². The molecule has 9 heteroatoms. The first-order valence-corrected chi connectivity index (χ1v) is 11.1. The Bertz CT molecular complexity index is 1060. The highest BCUT2D eigenvalue weighted by Gasteiger charge is 2.27. The Balaban J connectivity index is 1.39. The van der Waals surface area contributed by atoms with Crippen LogP contribution in [0.5, 0.6) is 11.8 Å². The van der Waals surface area contributed by atoms with Crippen molar-refractivity contribution in [3.05, 3.63) is 72.1 Å². The summed E-state index contributed by atoms with van der Waals surface area (Å²) >= 11 is 0. The van der Waals surface area contributed by atoms with Gasteiger partial charge in [-0.1, -0.05) is 36.4 Å². The van der Waals surface area contributed by atoms with Crippen LogP contribution in [-0.2, 0) is 6.42 Å². The lowest BCUT2D eigenvalue weighted by Gasteiger charge is -2.33. The average Bonchev–Trinajstić information content (AvgIpc) is 2.84. The Morgan fingerprint density at radius 1 is 1.00 bits per heavy atom. The number of methoxy groups -OCH3 is 1. The van der Waals surface area contributed by atoms with Crippen molar-refractivity contribution in [2.24, 2.45) is 0 Å². The van der Waals surface area contributed by atoms with E-state index in [0.717, 1.165) is 36.2 Å². The fourth-order valence-corrected chi connectivity index (χ4v) is 4.04. The maximum Gasteiger partial charge on any atom is 0.392 e. The van der Waals surface area contributed by atoms with Crippen molar-refractivity contribution >= 4 is 0 Å². The molecule has 0 spiro atoms. The minimum Gasteiger partial charge on any atom is -0.493 e. The van der Waals surface area contributed by atoms with E-state index in [-0.39, 0.29) is 18.7 Å². The van der Waals surface area contributed by atoms with Crippen molar-refractivity contribution < 1.29 is 22.6 Å². The zero-order valence-electron chi connectivity index (χ0n) is 18.8. The highest BCUT2D eigenvalue weighted by molar-refractivity contribution is 5.66. The molecule has 2 unspecified atom stereocenters. The lowest BCUT2D eigenvalue weighted by molar-refractivity contribution is -0.139. The SMILES string of the molecule is COc1ncc(-c2ccccc2CC2CNCC(c3ccc(OCCC(F)(F)F)cc3)N2)cn1. The molecule has 0 aliphatic carbocycles. The van der Waals surface area contributed by atoms with Crippen LogP contribution >= 0.6 is 0 Å². The van der Waals surface area contributed by atoms with E-state index >= 15 is 0 Å². The van der Waals surface area contributed by atoms with Crippen molar-refractivity contribution in [2.45, 2.75) is 31.1 Å². The number of piperazine rings is 1. The van der Waals surface area contributed by atoms with Gasteiger partial charge in [-0.05, 0) is 35.2 Å². The summed E-state index contributed by atoms with van der Waals surface area (Å²) in [5.74, 6) is 0.434. The first-order chi connectivity index (χ1) is 16.4. The number of rotatable bonds is 8. The van der Waals surface area contributed by atoms with Crippen LogP contribution in [-0.4, -0.2) is 49.0 Å². The van der Waals surface area contributed by atoms with Crippen LogP contribution in [0.4, 0.5) is 13.2 Å². The topological polar surface area (TPSA) is 68.3 Å². The monoisotopic (exact) mass is 472 g/mol. The molecule has 2 N–H and O–H groups in total. The number of hydrogen-bond donors (Lipinski definition) is 2. The molecule has 1 fully saturated rings. The number of alkyl halides is 3. The smallest absolute Gasteiger partial charge is 0.392 e. The second-order valence-corrected chi connectivity index (χ2v) is 8.18. The second-order valence-electron chi connectivity index (χ2n) is 8.18. The highest BCUT2D eigenvalue weighted by Crippen LogP contribution is 2.26. The Morgan fingerprint density at radius 3 is 2.44 bits per heavy atom. The molecule has 180 valence electrons. The molecule has 2 aromatic carbocycles. The van der Waals surface area contributed by atoms with Gasteiger partial charge in [0.25, 0.3) is 0 Å². The van der Waals surface area contributed by atoms with E-state index < -0.39 is 12.6 Å². The van der Waals surface area contributed by atoms with E-state index in [1.54, 1.807) is 24.5 Å². The Morgan fingerprint density at radius 2 is 1.74 bits per heavy atom. The summed E-state index contributed by atoms with van der Waals surface area (Å²) in [6.07, 6.45) is -0.846. The zero-order valence-corrected chi connectivity index (χ0v) is 18.8. The summed E-state index contributed by atoms with van der Waals surface area (Å²) in [6, 6.07) is 16.0. The Kier molecular flexibility index (Phi) is 7.64. The molecule has 2 heterocycles. The predicted molar refractivity (Wildman–Crippen MR) is 123 cm³/mol. The van der Waals surface area contributed by atoms with Crippen molar-refractivity contribution in [3.8, 4) is 22.9 Å². The lowest BCUT2D eigenvalue weighted by atomic mass is 9.94. The first-order valence-electron chi connectivity index (χ1n) is 11.1. The summed E-state index contributed by atoms with van der Waals surface area (Å²) in [7, 11) is 1.54. The number of ether oxygens (including phenoxy) is 2. The molecule has 0 saturated carbocycles. The van der Waals surface area contributed by atoms with E-state index in [0.29, 0.717) is 11.8 Å². The third kappa shape index (κ3) is 6.45. The maximum absolute atomic E-state index is 12.3. The van der Waals surface area contributed by atoms with E-state index in [2.05, 4.69) is 32.7 Å². The van der Waals surface area contributed by atoms with Crippen LogP contribution in [0, 0.1) is 0 Å². The van der Waals surface area contributed by atoms with Crippen LogP contribution in [0.15, 0.2) is 60.9 Å². The molecular formula is C25H27F3N4O2. The van der Waals surface area contributed by atoms with Gasteiger partial charge in [-0.2, -0.15) is 13.2 Å². The molecule has 1 aliphatic rings. The number of nitrogens with zero attached hydrogens (tertiary/aromatic N) is 2. The van der Waals surface area contributed by atoms with E-state index in [4.69, 9.17) is 9.47 Å². The molecule has 6 nitrogen and oxygen atoms in total.